The molecule has 1 rings (SSSR count). The molecule has 19 heavy (non-hydrogen) atoms. The van der Waals surface area contributed by atoms with Crippen molar-refractivity contribution >= 4 is 23.2 Å². The second kappa shape index (κ2) is 7.08. The van der Waals surface area contributed by atoms with E-state index in [0.717, 1.165) is 17.0 Å². The highest BCUT2D eigenvalue weighted by Crippen LogP contribution is 2.02. The van der Waals surface area contributed by atoms with Crippen molar-refractivity contribution in [2.75, 3.05) is 0 Å². The van der Waals surface area contributed by atoms with Gasteiger partial charge in [-0.15, -0.1) is 0 Å². The molecule has 0 bridgehead atoms. The summed E-state index contributed by atoms with van der Waals surface area (Å²) in [6.07, 6.45) is 1.08. The molecule has 0 aliphatic carbocycles. The van der Waals surface area contributed by atoms with Gasteiger partial charge in [-0.25, -0.2) is 4.79 Å². The number of carboxylic acids is 1. The number of nitrogens with one attached hydrogen (secondary N) is 1. The number of carbonyl (C=O) groups is 2. The van der Waals surface area contributed by atoms with E-state index in [1.807, 2.05) is 6.92 Å². The lowest BCUT2D eigenvalue weighted by atomic mass is 10.2. The van der Waals surface area contributed by atoms with Crippen LogP contribution in [0.4, 0.5) is 0 Å². The summed E-state index contributed by atoms with van der Waals surface area (Å²) in [7, 11) is 0. The Morgan fingerprint density at radius 3 is 2.68 bits per heavy atom. The first kappa shape index (κ1) is 15.4. The van der Waals surface area contributed by atoms with Crippen LogP contribution < -0.4 is 10.2 Å². The monoisotopic (exact) mass is 286 g/mol. The Balaban J connectivity index is 2.39. The molecule has 1 aromatic heterocycles. The van der Waals surface area contributed by atoms with Crippen LogP contribution in [0.25, 0.3) is 0 Å². The number of aryl methyl sites for hydroxylation is 1. The summed E-state index contributed by atoms with van der Waals surface area (Å²) in [6, 6.07) is -0.835. The third kappa shape index (κ3) is 4.51. The van der Waals surface area contributed by atoms with Gasteiger partial charge in [0, 0.05) is 24.0 Å². The maximum atomic E-state index is 11.6. The maximum absolute atomic E-state index is 11.6. The van der Waals surface area contributed by atoms with E-state index in [4.69, 9.17) is 5.11 Å². The number of carbonyl (C=O) groups excluding carboxylic acids is 1. The number of aromatic nitrogens is 1. The molecule has 0 fully saturated rings. The third-order valence-electron chi connectivity index (χ3n) is 2.80. The molecule has 0 aliphatic rings. The van der Waals surface area contributed by atoms with Gasteiger partial charge in [-0.1, -0.05) is 18.3 Å². The van der Waals surface area contributed by atoms with Gasteiger partial charge in [-0.3, -0.25) is 9.59 Å². The van der Waals surface area contributed by atoms with Crippen molar-refractivity contribution in [1.82, 2.24) is 9.88 Å². The molecule has 1 amide bonds. The zero-order valence-corrected chi connectivity index (χ0v) is 11.8. The average Bonchev–Trinajstić information content (AvgIpc) is 2.67. The van der Waals surface area contributed by atoms with Crippen molar-refractivity contribution in [3.05, 3.63) is 20.7 Å². The van der Waals surface area contributed by atoms with Crippen molar-refractivity contribution in [1.29, 1.82) is 0 Å². The van der Waals surface area contributed by atoms with E-state index in [2.05, 4.69) is 5.32 Å². The smallest absolute Gasteiger partial charge is 0.326 e. The summed E-state index contributed by atoms with van der Waals surface area (Å²) in [5, 5.41) is 13.0. The molecular formula is C12H18N2O4S. The first-order valence-corrected chi connectivity index (χ1v) is 7.00. The number of carboxylic acid groups (broad SMARTS) is 1. The van der Waals surface area contributed by atoms with Gasteiger partial charge in [-0.2, -0.15) is 0 Å². The molecule has 1 heterocycles. The molecule has 0 aromatic carbocycles. The fourth-order valence-electron chi connectivity index (χ4n) is 1.68. The van der Waals surface area contributed by atoms with Gasteiger partial charge < -0.3 is 15.0 Å². The van der Waals surface area contributed by atoms with Crippen LogP contribution in [-0.2, 0) is 16.1 Å². The van der Waals surface area contributed by atoms with Crippen LogP contribution in [-0.4, -0.2) is 27.6 Å². The van der Waals surface area contributed by atoms with Gasteiger partial charge in [0.15, 0.2) is 0 Å². The number of thiazole rings is 1. The minimum absolute atomic E-state index is 0.0325. The van der Waals surface area contributed by atoms with E-state index in [9.17, 15) is 14.4 Å². The number of nitrogens with zero attached hydrogens (tertiary/aromatic N) is 1. The Morgan fingerprint density at radius 1 is 1.53 bits per heavy atom. The Kier molecular flexibility index (Phi) is 5.75. The van der Waals surface area contributed by atoms with Crippen molar-refractivity contribution < 1.29 is 14.7 Å². The van der Waals surface area contributed by atoms with E-state index in [0.29, 0.717) is 19.4 Å². The predicted octanol–water partition coefficient (Wildman–Crippen LogP) is 0.978. The van der Waals surface area contributed by atoms with E-state index in [-0.39, 0.29) is 17.2 Å². The summed E-state index contributed by atoms with van der Waals surface area (Å²) in [5.41, 5.74) is 0.882. The Labute approximate surface area is 115 Å². The predicted molar refractivity (Wildman–Crippen MR) is 72.4 cm³/mol. The largest absolute Gasteiger partial charge is 0.480 e. The van der Waals surface area contributed by atoms with Gasteiger partial charge in [0.05, 0.1) is 0 Å². The van der Waals surface area contributed by atoms with Crippen molar-refractivity contribution in [3.63, 3.8) is 0 Å². The fourth-order valence-corrected chi connectivity index (χ4v) is 2.44. The van der Waals surface area contributed by atoms with Gasteiger partial charge in [0.2, 0.25) is 5.91 Å². The highest BCUT2D eigenvalue weighted by molar-refractivity contribution is 7.07. The van der Waals surface area contributed by atoms with Crippen molar-refractivity contribution in [2.45, 2.75) is 45.7 Å². The fraction of sp³-hybridized carbons (Fsp3) is 0.583. The number of amides is 1. The highest BCUT2D eigenvalue weighted by Gasteiger charge is 2.17. The molecular weight excluding hydrogens is 268 g/mol. The number of hydrogen-bond acceptors (Lipinski definition) is 4. The summed E-state index contributed by atoms with van der Waals surface area (Å²) in [5.74, 6) is -1.32. The molecule has 0 saturated heterocycles. The lowest BCUT2D eigenvalue weighted by molar-refractivity contribution is -0.141. The van der Waals surface area contributed by atoms with Crippen LogP contribution in [0, 0.1) is 6.92 Å². The van der Waals surface area contributed by atoms with Crippen molar-refractivity contribution in [3.8, 4) is 0 Å². The highest BCUT2D eigenvalue weighted by atomic mass is 32.1. The lowest BCUT2D eigenvalue weighted by Gasteiger charge is -2.12. The molecule has 2 N–H and O–H groups in total. The molecule has 6 nitrogen and oxygen atoms in total. The molecule has 1 aromatic rings. The minimum atomic E-state index is -1.03. The normalized spacial score (nSPS) is 12.1. The van der Waals surface area contributed by atoms with E-state index < -0.39 is 12.0 Å². The molecule has 0 spiro atoms. The standard InChI is InChI=1S/C12H18N2O4S/c1-3-9(11(16)17)13-10(15)5-4-6-14-8(2)7-19-12(14)18/h7,9H,3-6H2,1-2H3,(H,13,15)(H,16,17)/t9-/m0/s1. The van der Waals surface area contributed by atoms with Crippen LogP contribution in [0.1, 0.15) is 31.9 Å². The SMILES string of the molecule is CC[C@H](NC(=O)CCCn1c(C)csc1=O)C(=O)O. The Bertz CT molecular complexity index is 506. The van der Waals surface area contributed by atoms with Crippen LogP contribution in [0.5, 0.6) is 0 Å². The second-order valence-electron chi connectivity index (χ2n) is 4.26. The first-order chi connectivity index (χ1) is 8.95. The van der Waals surface area contributed by atoms with Crippen LogP contribution in [0.15, 0.2) is 10.2 Å². The molecule has 1 atom stereocenters. The summed E-state index contributed by atoms with van der Waals surface area (Å²) in [6.45, 7) is 4.02. The molecule has 0 radical (unpaired) electrons. The third-order valence-corrected chi connectivity index (χ3v) is 3.68. The van der Waals surface area contributed by atoms with Gasteiger partial charge in [-0.05, 0) is 19.8 Å². The van der Waals surface area contributed by atoms with Crippen LogP contribution in [0.3, 0.4) is 0 Å². The second-order valence-corrected chi connectivity index (χ2v) is 5.09. The first-order valence-electron chi connectivity index (χ1n) is 6.12. The number of aliphatic carboxylic acids is 1. The van der Waals surface area contributed by atoms with E-state index >= 15 is 0 Å². The summed E-state index contributed by atoms with van der Waals surface area (Å²) >= 11 is 1.14. The van der Waals surface area contributed by atoms with E-state index in [1.54, 1.807) is 16.9 Å². The zero-order chi connectivity index (χ0) is 14.4. The minimum Gasteiger partial charge on any atom is -0.480 e. The number of hydrogen-bond donors (Lipinski definition) is 2. The van der Waals surface area contributed by atoms with E-state index in [1.165, 1.54) is 0 Å². The van der Waals surface area contributed by atoms with Crippen LogP contribution in [0.2, 0.25) is 0 Å². The number of rotatable bonds is 7. The van der Waals surface area contributed by atoms with Crippen LogP contribution >= 0.6 is 11.3 Å². The molecule has 106 valence electrons. The summed E-state index contributed by atoms with van der Waals surface area (Å²) in [4.78, 5) is 33.7. The molecule has 0 unspecified atom stereocenters. The topological polar surface area (TPSA) is 88.4 Å². The molecule has 0 saturated carbocycles. The summed E-state index contributed by atoms with van der Waals surface area (Å²) < 4.78 is 1.62. The van der Waals surface area contributed by atoms with Gasteiger partial charge in [0.25, 0.3) is 0 Å². The van der Waals surface area contributed by atoms with Gasteiger partial charge in [0.1, 0.15) is 6.04 Å². The average molecular weight is 286 g/mol. The van der Waals surface area contributed by atoms with Gasteiger partial charge >= 0.3 is 10.8 Å². The lowest BCUT2D eigenvalue weighted by Crippen LogP contribution is -2.40. The Morgan fingerprint density at radius 2 is 2.21 bits per heavy atom. The molecule has 0 aliphatic heterocycles. The maximum Gasteiger partial charge on any atom is 0.326 e. The quantitative estimate of drug-likeness (QED) is 0.782. The van der Waals surface area contributed by atoms with Crippen molar-refractivity contribution in [2.24, 2.45) is 0 Å². The molecule has 7 heteroatoms. The zero-order valence-electron chi connectivity index (χ0n) is 11.0. The Hall–Kier alpha value is -1.63.